The highest BCUT2D eigenvalue weighted by atomic mass is 16.3. The molecule has 0 bridgehead atoms. The molecular weight excluding hydrogens is 308 g/mol. The summed E-state index contributed by atoms with van der Waals surface area (Å²) in [6.07, 6.45) is 3.43. The van der Waals surface area contributed by atoms with E-state index in [9.17, 15) is 14.7 Å². The van der Waals surface area contributed by atoms with E-state index >= 15 is 0 Å². The lowest BCUT2D eigenvalue weighted by atomic mass is 9.67. The van der Waals surface area contributed by atoms with Gasteiger partial charge in [0.15, 0.2) is 5.78 Å². The van der Waals surface area contributed by atoms with Crippen LogP contribution in [0.3, 0.4) is 0 Å². The first kappa shape index (κ1) is 16.9. The van der Waals surface area contributed by atoms with Crippen LogP contribution in [0.5, 0.6) is 0 Å². The highest BCUT2D eigenvalue weighted by Gasteiger charge is 2.64. The summed E-state index contributed by atoms with van der Waals surface area (Å²) >= 11 is 0. The molecule has 3 aliphatic rings. The number of hydrogen-bond donors (Lipinski definition) is 4. The van der Waals surface area contributed by atoms with E-state index in [-0.39, 0.29) is 25.0 Å². The van der Waals surface area contributed by atoms with Crippen LogP contribution in [0.15, 0.2) is 33.9 Å². The van der Waals surface area contributed by atoms with Gasteiger partial charge in [-0.25, -0.2) is 4.79 Å². The quantitative estimate of drug-likeness (QED) is 0.616. The normalized spacial score (nSPS) is 27.4. The van der Waals surface area contributed by atoms with Gasteiger partial charge in [0.2, 0.25) is 0 Å². The largest absolute Gasteiger partial charge is 0.395 e. The summed E-state index contributed by atoms with van der Waals surface area (Å²) < 4.78 is 0. The number of hydrogen-bond acceptors (Lipinski definition) is 4. The number of carbonyl (C=O) groups excluding carboxylic acids is 2. The molecule has 1 atom stereocenters. The number of ketones is 1. The Hall–Kier alpha value is -1.92. The maximum atomic E-state index is 12.8. The van der Waals surface area contributed by atoms with Crippen molar-refractivity contribution in [2.75, 3.05) is 19.7 Å². The molecule has 3 aliphatic carbocycles. The number of aliphatic hydroxyl groups is 2. The van der Waals surface area contributed by atoms with Crippen molar-refractivity contribution >= 4 is 11.8 Å². The van der Waals surface area contributed by atoms with Gasteiger partial charge in [0.25, 0.3) is 0 Å². The van der Waals surface area contributed by atoms with Crippen LogP contribution in [0.4, 0.5) is 4.79 Å². The summed E-state index contributed by atoms with van der Waals surface area (Å²) in [5.41, 5.74) is 2.55. The van der Waals surface area contributed by atoms with Crippen LogP contribution in [0, 0.1) is 5.41 Å². The lowest BCUT2D eigenvalue weighted by Gasteiger charge is -2.39. The Morgan fingerprint density at radius 1 is 1.29 bits per heavy atom. The molecule has 4 N–H and O–H groups in total. The molecule has 130 valence electrons. The third-order valence-corrected chi connectivity index (χ3v) is 5.69. The molecule has 0 aromatic heterocycles. The van der Waals surface area contributed by atoms with E-state index in [1.807, 2.05) is 19.9 Å². The molecule has 1 fully saturated rings. The topological polar surface area (TPSA) is 98.7 Å². The van der Waals surface area contributed by atoms with Gasteiger partial charge in [0.05, 0.1) is 6.61 Å². The predicted octanol–water partition coefficient (Wildman–Crippen LogP) is 0.965. The molecule has 0 aliphatic heterocycles. The Balaban J connectivity index is 1.88. The molecule has 6 heteroatoms. The van der Waals surface area contributed by atoms with Crippen LogP contribution in [0.1, 0.15) is 33.6 Å². The van der Waals surface area contributed by atoms with E-state index in [4.69, 9.17) is 5.11 Å². The SMILES string of the molecule is CC1=C(CNC(=O)NCCO)C2=C(C)C3(CC3)[C@@](C)(O)C(=O)C2=C1. The second-order valence-electron chi connectivity index (χ2n) is 7.04. The number of nitrogens with one attached hydrogen (secondary N) is 2. The average Bonchev–Trinajstić information content (AvgIpc) is 3.28. The van der Waals surface area contributed by atoms with Gasteiger partial charge < -0.3 is 20.8 Å². The van der Waals surface area contributed by atoms with Crippen molar-refractivity contribution in [3.63, 3.8) is 0 Å². The first-order valence-corrected chi connectivity index (χ1v) is 8.29. The van der Waals surface area contributed by atoms with Crippen molar-refractivity contribution in [2.45, 2.75) is 39.2 Å². The van der Waals surface area contributed by atoms with E-state index in [1.165, 1.54) is 0 Å². The zero-order valence-electron chi connectivity index (χ0n) is 14.3. The standard InChI is InChI=1S/C18H24N2O4/c1-10-8-12-14(13(10)9-20-16(23)19-6-7-21)11(2)18(4-5-18)17(3,24)15(12)22/h8,21,24H,4-7,9H2,1-3H3,(H2,19,20,23)/t17-/m0/s1. The highest BCUT2D eigenvalue weighted by molar-refractivity contribution is 6.10. The Morgan fingerprint density at radius 3 is 2.54 bits per heavy atom. The molecule has 1 saturated carbocycles. The maximum Gasteiger partial charge on any atom is 0.315 e. The number of urea groups is 1. The Morgan fingerprint density at radius 2 is 1.96 bits per heavy atom. The second-order valence-corrected chi connectivity index (χ2v) is 7.04. The summed E-state index contributed by atoms with van der Waals surface area (Å²) in [4.78, 5) is 24.5. The summed E-state index contributed by atoms with van der Waals surface area (Å²) in [5, 5.41) is 24.8. The highest BCUT2D eigenvalue weighted by Crippen LogP contribution is 2.64. The van der Waals surface area contributed by atoms with Crippen LogP contribution in [-0.4, -0.2) is 47.3 Å². The van der Waals surface area contributed by atoms with Crippen molar-refractivity contribution in [2.24, 2.45) is 5.41 Å². The molecule has 2 amide bonds. The van der Waals surface area contributed by atoms with E-state index in [0.717, 1.165) is 35.1 Å². The van der Waals surface area contributed by atoms with Gasteiger partial charge in [-0.1, -0.05) is 5.57 Å². The Labute approximate surface area is 141 Å². The molecular formula is C18H24N2O4. The first-order valence-electron chi connectivity index (χ1n) is 8.29. The predicted molar refractivity (Wildman–Crippen MR) is 89.3 cm³/mol. The minimum Gasteiger partial charge on any atom is -0.395 e. The van der Waals surface area contributed by atoms with Crippen LogP contribution in [-0.2, 0) is 4.79 Å². The molecule has 6 nitrogen and oxygen atoms in total. The van der Waals surface area contributed by atoms with Crippen molar-refractivity contribution in [3.05, 3.63) is 33.9 Å². The van der Waals surface area contributed by atoms with Crippen molar-refractivity contribution < 1.29 is 19.8 Å². The van der Waals surface area contributed by atoms with Crippen LogP contribution >= 0.6 is 0 Å². The zero-order chi connectivity index (χ0) is 17.7. The fourth-order valence-electron chi connectivity index (χ4n) is 4.04. The van der Waals surface area contributed by atoms with Gasteiger partial charge in [-0.05, 0) is 56.4 Å². The van der Waals surface area contributed by atoms with Gasteiger partial charge in [0.1, 0.15) is 5.60 Å². The van der Waals surface area contributed by atoms with E-state index < -0.39 is 11.0 Å². The molecule has 0 unspecified atom stereocenters. The second kappa shape index (κ2) is 5.57. The minimum absolute atomic E-state index is 0.114. The number of rotatable bonds is 4. The van der Waals surface area contributed by atoms with Gasteiger partial charge in [0, 0.05) is 24.1 Å². The first-order chi connectivity index (χ1) is 11.3. The smallest absolute Gasteiger partial charge is 0.315 e. The van der Waals surface area contributed by atoms with Crippen LogP contribution in [0.25, 0.3) is 0 Å². The molecule has 0 aromatic carbocycles. The van der Waals surface area contributed by atoms with Crippen LogP contribution < -0.4 is 10.6 Å². The maximum absolute atomic E-state index is 12.8. The number of carbonyl (C=O) groups is 2. The van der Waals surface area contributed by atoms with Crippen molar-refractivity contribution in [3.8, 4) is 0 Å². The fraction of sp³-hybridized carbons (Fsp3) is 0.556. The fourth-order valence-corrected chi connectivity index (χ4v) is 4.04. The zero-order valence-corrected chi connectivity index (χ0v) is 14.3. The number of Topliss-reactive ketones (excluding diaryl/α,β-unsaturated/α-hetero) is 1. The molecule has 0 saturated heterocycles. The summed E-state index contributed by atoms with van der Waals surface area (Å²) in [6.45, 7) is 5.91. The van der Waals surface area contributed by atoms with Crippen LogP contribution in [0.2, 0.25) is 0 Å². The molecule has 0 radical (unpaired) electrons. The monoisotopic (exact) mass is 332 g/mol. The molecule has 0 aromatic rings. The summed E-state index contributed by atoms with van der Waals surface area (Å²) in [7, 11) is 0. The van der Waals surface area contributed by atoms with Gasteiger partial charge in [-0.2, -0.15) is 0 Å². The number of aliphatic hydroxyl groups excluding tert-OH is 1. The third-order valence-electron chi connectivity index (χ3n) is 5.69. The lowest BCUT2D eigenvalue weighted by molar-refractivity contribution is -0.137. The molecule has 3 rings (SSSR count). The molecule has 0 heterocycles. The van der Waals surface area contributed by atoms with Crippen molar-refractivity contribution in [1.82, 2.24) is 10.6 Å². The van der Waals surface area contributed by atoms with E-state index in [0.29, 0.717) is 12.1 Å². The number of allylic oxidation sites excluding steroid dienone is 2. The summed E-state index contributed by atoms with van der Waals surface area (Å²) in [6, 6.07) is -0.355. The summed E-state index contributed by atoms with van der Waals surface area (Å²) in [5.74, 6) is -0.223. The molecule has 24 heavy (non-hydrogen) atoms. The number of amides is 2. The molecule has 1 spiro atoms. The van der Waals surface area contributed by atoms with Gasteiger partial charge in [-0.3, -0.25) is 4.79 Å². The van der Waals surface area contributed by atoms with Gasteiger partial charge >= 0.3 is 6.03 Å². The Kier molecular flexibility index (Phi) is 3.92. The lowest BCUT2D eigenvalue weighted by Crippen LogP contribution is -2.49. The Bertz CT molecular complexity index is 709. The van der Waals surface area contributed by atoms with E-state index in [1.54, 1.807) is 6.92 Å². The minimum atomic E-state index is -1.35. The van der Waals surface area contributed by atoms with E-state index in [2.05, 4.69) is 10.6 Å². The van der Waals surface area contributed by atoms with Gasteiger partial charge in [-0.15, -0.1) is 0 Å². The average molecular weight is 332 g/mol. The third kappa shape index (κ3) is 2.24. The number of fused-ring (bicyclic) bond motifs is 1. The van der Waals surface area contributed by atoms with Crippen molar-refractivity contribution in [1.29, 1.82) is 0 Å².